The zero-order valence-electron chi connectivity index (χ0n) is 12.5. The summed E-state index contributed by atoms with van der Waals surface area (Å²) in [6.07, 6.45) is 0.950. The van der Waals surface area contributed by atoms with E-state index in [-0.39, 0.29) is 12.7 Å². The van der Waals surface area contributed by atoms with Gasteiger partial charge in [0.2, 0.25) is 6.79 Å². The van der Waals surface area contributed by atoms with Crippen LogP contribution >= 0.6 is 11.6 Å². The maximum absolute atomic E-state index is 12.6. The van der Waals surface area contributed by atoms with Crippen molar-refractivity contribution in [2.24, 2.45) is 0 Å². The van der Waals surface area contributed by atoms with E-state index in [2.05, 4.69) is 6.07 Å². The molecule has 1 atom stereocenters. The van der Waals surface area contributed by atoms with Crippen molar-refractivity contribution in [3.8, 4) is 11.5 Å². The molecule has 2 aliphatic heterocycles. The van der Waals surface area contributed by atoms with Crippen LogP contribution in [0.4, 0.5) is 0 Å². The highest BCUT2D eigenvalue weighted by atomic mass is 35.5. The van der Waals surface area contributed by atoms with Gasteiger partial charge in [-0.1, -0.05) is 23.7 Å². The lowest BCUT2D eigenvalue weighted by Gasteiger charge is -2.17. The number of hydrogen-bond acceptors (Lipinski definition) is 3. The second kappa shape index (κ2) is 5.78. The SMILES string of the molecule is O=C(c1cccc(Cl)c1)N1CCC(c2ccc3c(c2)OCO3)C1. The normalized spacial score (nSPS) is 19.2. The van der Waals surface area contributed by atoms with Crippen molar-refractivity contribution in [2.45, 2.75) is 12.3 Å². The van der Waals surface area contributed by atoms with Gasteiger partial charge in [0.05, 0.1) is 0 Å². The molecule has 2 heterocycles. The Balaban J connectivity index is 1.50. The third-order valence-electron chi connectivity index (χ3n) is 4.42. The molecule has 0 aliphatic carbocycles. The number of benzene rings is 2. The van der Waals surface area contributed by atoms with Crippen molar-refractivity contribution >= 4 is 17.5 Å². The minimum absolute atomic E-state index is 0.0377. The Morgan fingerprint density at radius 2 is 2.00 bits per heavy atom. The second-order valence-electron chi connectivity index (χ2n) is 5.86. The maximum atomic E-state index is 12.6. The van der Waals surface area contributed by atoms with E-state index in [1.807, 2.05) is 23.1 Å². The average Bonchev–Trinajstić information content (AvgIpc) is 3.22. The Hall–Kier alpha value is -2.20. The third-order valence-corrected chi connectivity index (χ3v) is 4.65. The maximum Gasteiger partial charge on any atom is 0.253 e. The molecule has 2 aliphatic rings. The molecule has 1 unspecified atom stereocenters. The van der Waals surface area contributed by atoms with Crippen LogP contribution in [0.5, 0.6) is 11.5 Å². The van der Waals surface area contributed by atoms with Gasteiger partial charge >= 0.3 is 0 Å². The van der Waals surface area contributed by atoms with Gasteiger partial charge in [0, 0.05) is 29.6 Å². The summed E-state index contributed by atoms with van der Waals surface area (Å²) < 4.78 is 10.8. The number of carbonyl (C=O) groups excluding carboxylic acids is 1. The zero-order chi connectivity index (χ0) is 15.8. The van der Waals surface area contributed by atoms with Gasteiger partial charge in [0.25, 0.3) is 5.91 Å². The quantitative estimate of drug-likeness (QED) is 0.843. The number of fused-ring (bicyclic) bond motifs is 1. The van der Waals surface area contributed by atoms with Crippen molar-refractivity contribution in [1.29, 1.82) is 0 Å². The first-order valence-electron chi connectivity index (χ1n) is 7.65. The molecule has 5 heteroatoms. The van der Waals surface area contributed by atoms with Crippen LogP contribution in [0.1, 0.15) is 28.3 Å². The van der Waals surface area contributed by atoms with E-state index in [0.717, 1.165) is 24.5 Å². The summed E-state index contributed by atoms with van der Waals surface area (Å²) in [4.78, 5) is 14.5. The average molecular weight is 330 g/mol. The van der Waals surface area contributed by atoms with E-state index in [1.54, 1.807) is 18.2 Å². The highest BCUT2D eigenvalue weighted by Crippen LogP contribution is 2.37. The molecule has 23 heavy (non-hydrogen) atoms. The van der Waals surface area contributed by atoms with Gasteiger partial charge in [0.15, 0.2) is 11.5 Å². The van der Waals surface area contributed by atoms with Crippen molar-refractivity contribution in [3.05, 3.63) is 58.6 Å². The standard InChI is InChI=1S/C18H16ClNO3/c19-15-3-1-2-13(8-15)18(21)20-7-6-14(10-20)12-4-5-16-17(9-12)23-11-22-16/h1-5,8-9,14H,6-7,10-11H2. The van der Waals surface area contributed by atoms with Crippen molar-refractivity contribution in [3.63, 3.8) is 0 Å². The first-order chi connectivity index (χ1) is 11.2. The van der Waals surface area contributed by atoms with E-state index in [9.17, 15) is 4.79 Å². The first-order valence-corrected chi connectivity index (χ1v) is 8.03. The summed E-state index contributed by atoms with van der Waals surface area (Å²) >= 11 is 5.98. The molecular formula is C18H16ClNO3. The third kappa shape index (κ3) is 2.75. The van der Waals surface area contributed by atoms with Gasteiger partial charge in [-0.25, -0.2) is 0 Å². The molecule has 0 saturated carbocycles. The van der Waals surface area contributed by atoms with Crippen LogP contribution in [-0.4, -0.2) is 30.7 Å². The van der Waals surface area contributed by atoms with Crippen LogP contribution in [0.15, 0.2) is 42.5 Å². The van der Waals surface area contributed by atoms with Crippen LogP contribution in [0.25, 0.3) is 0 Å². The van der Waals surface area contributed by atoms with Gasteiger partial charge in [-0.2, -0.15) is 0 Å². The van der Waals surface area contributed by atoms with Crippen molar-refractivity contribution < 1.29 is 14.3 Å². The smallest absolute Gasteiger partial charge is 0.253 e. The number of halogens is 1. The fraction of sp³-hybridized carbons (Fsp3) is 0.278. The van der Waals surface area contributed by atoms with Crippen LogP contribution in [0.2, 0.25) is 5.02 Å². The Bertz CT molecular complexity index is 762. The predicted molar refractivity (Wildman–Crippen MR) is 87.3 cm³/mol. The Morgan fingerprint density at radius 1 is 1.13 bits per heavy atom. The molecule has 0 N–H and O–H groups in total. The lowest BCUT2D eigenvalue weighted by atomic mass is 9.98. The number of nitrogens with zero attached hydrogens (tertiary/aromatic N) is 1. The van der Waals surface area contributed by atoms with E-state index in [0.29, 0.717) is 23.0 Å². The Kier molecular flexibility index (Phi) is 3.62. The molecule has 0 spiro atoms. The fourth-order valence-corrected chi connectivity index (χ4v) is 3.38. The molecule has 2 aromatic rings. The highest BCUT2D eigenvalue weighted by molar-refractivity contribution is 6.30. The zero-order valence-corrected chi connectivity index (χ0v) is 13.3. The molecule has 4 nitrogen and oxygen atoms in total. The van der Waals surface area contributed by atoms with Crippen molar-refractivity contribution in [2.75, 3.05) is 19.9 Å². The number of likely N-dealkylation sites (tertiary alicyclic amines) is 1. The number of hydrogen-bond donors (Lipinski definition) is 0. The number of carbonyl (C=O) groups is 1. The van der Waals surface area contributed by atoms with E-state index >= 15 is 0 Å². The summed E-state index contributed by atoms with van der Waals surface area (Å²) in [7, 11) is 0. The summed E-state index contributed by atoms with van der Waals surface area (Å²) in [5.41, 5.74) is 1.83. The highest BCUT2D eigenvalue weighted by Gasteiger charge is 2.29. The molecule has 1 fully saturated rings. The van der Waals surface area contributed by atoms with Gasteiger partial charge < -0.3 is 14.4 Å². The topological polar surface area (TPSA) is 38.8 Å². The van der Waals surface area contributed by atoms with Crippen LogP contribution < -0.4 is 9.47 Å². The minimum atomic E-state index is 0.0377. The summed E-state index contributed by atoms with van der Waals surface area (Å²) in [5, 5.41) is 0.586. The molecule has 4 rings (SSSR count). The van der Waals surface area contributed by atoms with Crippen LogP contribution in [0, 0.1) is 0 Å². The van der Waals surface area contributed by atoms with Crippen LogP contribution in [0.3, 0.4) is 0 Å². The lowest BCUT2D eigenvalue weighted by molar-refractivity contribution is 0.0791. The van der Waals surface area contributed by atoms with Gasteiger partial charge in [-0.3, -0.25) is 4.79 Å². The number of rotatable bonds is 2. The molecule has 0 aromatic heterocycles. The predicted octanol–water partition coefficient (Wildman–Crippen LogP) is 3.70. The van der Waals surface area contributed by atoms with Gasteiger partial charge in [-0.15, -0.1) is 0 Å². The van der Waals surface area contributed by atoms with Crippen LogP contribution in [-0.2, 0) is 0 Å². The summed E-state index contributed by atoms with van der Waals surface area (Å²) in [5.74, 6) is 1.95. The molecule has 1 saturated heterocycles. The molecule has 1 amide bonds. The lowest BCUT2D eigenvalue weighted by Crippen LogP contribution is -2.28. The first kappa shape index (κ1) is 14.4. The second-order valence-corrected chi connectivity index (χ2v) is 6.30. The molecule has 0 radical (unpaired) electrons. The molecule has 0 bridgehead atoms. The largest absolute Gasteiger partial charge is 0.454 e. The number of amides is 1. The Labute approximate surface area is 139 Å². The number of ether oxygens (including phenoxy) is 2. The minimum Gasteiger partial charge on any atom is -0.454 e. The summed E-state index contributed by atoms with van der Waals surface area (Å²) in [6, 6.07) is 13.1. The monoisotopic (exact) mass is 329 g/mol. The van der Waals surface area contributed by atoms with E-state index in [1.165, 1.54) is 5.56 Å². The molecule has 2 aromatic carbocycles. The van der Waals surface area contributed by atoms with E-state index in [4.69, 9.17) is 21.1 Å². The van der Waals surface area contributed by atoms with Crippen molar-refractivity contribution in [1.82, 2.24) is 4.90 Å². The molecular weight excluding hydrogens is 314 g/mol. The Morgan fingerprint density at radius 3 is 2.87 bits per heavy atom. The van der Waals surface area contributed by atoms with Gasteiger partial charge in [-0.05, 0) is 42.3 Å². The fourth-order valence-electron chi connectivity index (χ4n) is 3.19. The van der Waals surface area contributed by atoms with Gasteiger partial charge in [0.1, 0.15) is 0 Å². The van der Waals surface area contributed by atoms with E-state index < -0.39 is 0 Å². The molecule has 118 valence electrons. The summed E-state index contributed by atoms with van der Waals surface area (Å²) in [6.45, 7) is 1.75.